The Balaban J connectivity index is 1.42. The molecule has 10 nitrogen and oxygen atoms in total. The minimum absolute atomic E-state index is 0.0581. The van der Waals surface area contributed by atoms with Crippen LogP contribution >= 0.6 is 0 Å². The van der Waals surface area contributed by atoms with Crippen LogP contribution in [0.2, 0.25) is 0 Å². The van der Waals surface area contributed by atoms with Gasteiger partial charge in [-0.15, -0.1) is 0 Å². The summed E-state index contributed by atoms with van der Waals surface area (Å²) >= 11 is 0. The van der Waals surface area contributed by atoms with Crippen LogP contribution in [0.1, 0.15) is 85.9 Å². The highest BCUT2D eigenvalue weighted by Crippen LogP contribution is 2.32. The number of piperidine rings is 1. The number of fused-ring (bicyclic) bond motifs is 1. The molecule has 1 unspecified atom stereocenters. The highest BCUT2D eigenvalue weighted by molar-refractivity contribution is 6.25. The van der Waals surface area contributed by atoms with E-state index in [4.69, 9.17) is 0 Å². The van der Waals surface area contributed by atoms with Gasteiger partial charge in [0.25, 0.3) is 11.8 Å². The Bertz CT molecular complexity index is 1000. The zero-order chi connectivity index (χ0) is 25.6. The highest BCUT2D eigenvalue weighted by Gasteiger charge is 2.45. The molecule has 0 radical (unpaired) electrons. The molecule has 0 aliphatic carbocycles. The third-order valence-electron chi connectivity index (χ3n) is 6.08. The summed E-state index contributed by atoms with van der Waals surface area (Å²) in [6.07, 6.45) is 5.11. The molecule has 0 saturated carbocycles. The Labute approximate surface area is 204 Å². The Morgan fingerprint density at radius 3 is 2.51 bits per heavy atom. The lowest BCUT2D eigenvalue weighted by Gasteiger charge is -2.27. The third kappa shape index (κ3) is 6.88. The van der Waals surface area contributed by atoms with Crippen molar-refractivity contribution in [2.24, 2.45) is 0 Å². The summed E-state index contributed by atoms with van der Waals surface area (Å²) in [5.74, 6) is -2.13. The van der Waals surface area contributed by atoms with Crippen molar-refractivity contribution in [2.45, 2.75) is 76.9 Å². The summed E-state index contributed by atoms with van der Waals surface area (Å²) in [6.45, 7) is 4.14. The largest absolute Gasteiger partial charge is 0.389 e. The molecular weight excluding hydrogens is 452 g/mol. The summed E-state index contributed by atoms with van der Waals surface area (Å²) in [6, 6.07) is 4.03. The van der Waals surface area contributed by atoms with Gasteiger partial charge in [-0.25, -0.2) is 0 Å². The Morgan fingerprint density at radius 2 is 1.80 bits per heavy atom. The number of unbranched alkanes of at least 4 members (excludes halogenated alkanes) is 4. The number of carbonyl (C=O) groups excluding carboxylic acids is 5. The molecule has 3 rings (SSSR count). The van der Waals surface area contributed by atoms with Crippen molar-refractivity contribution in [1.82, 2.24) is 15.5 Å². The van der Waals surface area contributed by atoms with Crippen molar-refractivity contribution in [3.05, 3.63) is 29.3 Å². The lowest BCUT2D eigenvalue weighted by Crippen LogP contribution is -2.54. The van der Waals surface area contributed by atoms with Gasteiger partial charge in [-0.3, -0.25) is 34.2 Å². The summed E-state index contributed by atoms with van der Waals surface area (Å²) in [4.78, 5) is 62.3. The van der Waals surface area contributed by atoms with Gasteiger partial charge in [0, 0.05) is 31.6 Å². The number of anilines is 1. The van der Waals surface area contributed by atoms with E-state index in [1.165, 1.54) is 0 Å². The maximum atomic E-state index is 13.1. The van der Waals surface area contributed by atoms with E-state index in [0.717, 1.165) is 37.0 Å². The van der Waals surface area contributed by atoms with Gasteiger partial charge >= 0.3 is 0 Å². The van der Waals surface area contributed by atoms with Crippen molar-refractivity contribution >= 4 is 35.2 Å². The third-order valence-corrected chi connectivity index (χ3v) is 6.08. The number of rotatable bonds is 12. The van der Waals surface area contributed by atoms with Crippen molar-refractivity contribution in [2.75, 3.05) is 18.4 Å². The van der Waals surface area contributed by atoms with Crippen LogP contribution in [0.15, 0.2) is 18.2 Å². The standard InChI is InChI=1S/C25H34N4O6/c1-25(2,35)15-27-19(30)11-6-4-3-5-7-14-26-17-10-8-9-16-21(17)24(34)29(23(16)33)18-12-13-20(31)28-22(18)32/h8-10,18,26,35H,3-7,11-15H2,1-2H3,(H,27,30)(H,28,31,32). The second-order valence-corrected chi connectivity index (χ2v) is 9.71. The molecule has 2 heterocycles. The van der Waals surface area contributed by atoms with Crippen LogP contribution in [0.3, 0.4) is 0 Å². The van der Waals surface area contributed by atoms with Crippen LogP contribution in [0.4, 0.5) is 5.69 Å². The van der Waals surface area contributed by atoms with Gasteiger partial charge in [-0.05, 0) is 45.2 Å². The second kappa shape index (κ2) is 11.4. The predicted molar refractivity (Wildman–Crippen MR) is 129 cm³/mol. The van der Waals surface area contributed by atoms with E-state index in [9.17, 15) is 29.1 Å². The molecule has 1 aromatic rings. The molecule has 1 saturated heterocycles. The van der Waals surface area contributed by atoms with Crippen LogP contribution < -0.4 is 16.0 Å². The van der Waals surface area contributed by atoms with E-state index >= 15 is 0 Å². The van der Waals surface area contributed by atoms with Crippen LogP contribution in [-0.4, -0.2) is 64.3 Å². The number of hydrogen-bond acceptors (Lipinski definition) is 7. The second-order valence-electron chi connectivity index (χ2n) is 9.71. The number of imide groups is 2. The van der Waals surface area contributed by atoms with Gasteiger partial charge in [0.2, 0.25) is 17.7 Å². The van der Waals surface area contributed by atoms with Crippen molar-refractivity contribution in [3.63, 3.8) is 0 Å². The zero-order valence-corrected chi connectivity index (χ0v) is 20.3. The average Bonchev–Trinajstić information content (AvgIpc) is 3.04. The molecular formula is C25H34N4O6. The van der Waals surface area contributed by atoms with Gasteiger partial charge in [0.1, 0.15) is 6.04 Å². The molecule has 10 heteroatoms. The fourth-order valence-corrected chi connectivity index (χ4v) is 4.23. The SMILES string of the molecule is CC(C)(O)CNC(=O)CCCCCCCNc1cccc2c1C(=O)N(C1CCC(=O)NC1=O)C2=O. The number of carbonyl (C=O) groups is 5. The van der Waals surface area contributed by atoms with Crippen molar-refractivity contribution in [3.8, 4) is 0 Å². The number of benzene rings is 1. The predicted octanol–water partition coefficient (Wildman–Crippen LogP) is 1.73. The van der Waals surface area contributed by atoms with Gasteiger partial charge < -0.3 is 15.7 Å². The molecule has 35 heavy (non-hydrogen) atoms. The van der Waals surface area contributed by atoms with Crippen LogP contribution in [0.5, 0.6) is 0 Å². The van der Waals surface area contributed by atoms with Gasteiger partial charge in [-0.2, -0.15) is 0 Å². The summed E-state index contributed by atoms with van der Waals surface area (Å²) in [5.41, 5.74) is 0.161. The van der Waals surface area contributed by atoms with Crippen molar-refractivity contribution in [1.29, 1.82) is 0 Å². The van der Waals surface area contributed by atoms with E-state index in [1.807, 2.05) is 0 Å². The average molecular weight is 487 g/mol. The number of nitrogens with one attached hydrogen (secondary N) is 3. The number of nitrogens with zero attached hydrogens (tertiary/aromatic N) is 1. The topological polar surface area (TPSA) is 145 Å². The van der Waals surface area contributed by atoms with Gasteiger partial charge in [0.05, 0.1) is 16.7 Å². The maximum Gasteiger partial charge on any atom is 0.264 e. The fraction of sp³-hybridized carbons (Fsp3) is 0.560. The maximum absolute atomic E-state index is 13.1. The van der Waals surface area contributed by atoms with E-state index in [1.54, 1.807) is 32.0 Å². The van der Waals surface area contributed by atoms with Crippen LogP contribution in [0.25, 0.3) is 0 Å². The first-order chi connectivity index (χ1) is 16.6. The Morgan fingerprint density at radius 1 is 1.09 bits per heavy atom. The van der Waals surface area contributed by atoms with Crippen molar-refractivity contribution < 1.29 is 29.1 Å². The zero-order valence-electron chi connectivity index (χ0n) is 20.3. The molecule has 1 fully saturated rings. The Hall–Kier alpha value is -3.27. The molecule has 2 aliphatic rings. The molecule has 0 aromatic heterocycles. The highest BCUT2D eigenvalue weighted by atomic mass is 16.3. The number of aliphatic hydroxyl groups is 1. The number of amides is 5. The van der Waals surface area contributed by atoms with E-state index in [-0.39, 0.29) is 36.4 Å². The lowest BCUT2D eigenvalue weighted by molar-refractivity contribution is -0.136. The molecule has 0 spiro atoms. The normalized spacial score (nSPS) is 17.9. The minimum atomic E-state index is -0.981. The van der Waals surface area contributed by atoms with Crippen LogP contribution in [0, 0.1) is 0 Å². The van der Waals surface area contributed by atoms with E-state index in [0.29, 0.717) is 18.7 Å². The molecule has 5 amide bonds. The molecule has 190 valence electrons. The number of hydrogen-bond donors (Lipinski definition) is 4. The monoisotopic (exact) mass is 486 g/mol. The molecule has 4 N–H and O–H groups in total. The molecule has 1 atom stereocenters. The van der Waals surface area contributed by atoms with E-state index < -0.39 is 35.3 Å². The summed E-state index contributed by atoms with van der Waals surface area (Å²) in [5, 5.41) is 17.8. The smallest absolute Gasteiger partial charge is 0.264 e. The first kappa shape index (κ1) is 26.3. The Kier molecular flexibility index (Phi) is 8.61. The fourth-order valence-electron chi connectivity index (χ4n) is 4.23. The molecule has 2 aliphatic heterocycles. The molecule has 1 aromatic carbocycles. The first-order valence-electron chi connectivity index (χ1n) is 12.2. The summed E-state index contributed by atoms with van der Waals surface area (Å²) in [7, 11) is 0. The van der Waals surface area contributed by atoms with Gasteiger partial charge in [0.15, 0.2) is 0 Å². The summed E-state index contributed by atoms with van der Waals surface area (Å²) < 4.78 is 0. The van der Waals surface area contributed by atoms with Gasteiger partial charge in [-0.1, -0.05) is 25.3 Å². The minimum Gasteiger partial charge on any atom is -0.389 e. The quantitative estimate of drug-likeness (QED) is 0.260. The van der Waals surface area contributed by atoms with E-state index in [2.05, 4.69) is 16.0 Å². The molecule has 0 bridgehead atoms. The van der Waals surface area contributed by atoms with Crippen LogP contribution in [-0.2, 0) is 14.4 Å². The lowest BCUT2D eigenvalue weighted by atomic mass is 10.0. The first-order valence-corrected chi connectivity index (χ1v) is 12.2.